The van der Waals surface area contributed by atoms with E-state index in [-0.39, 0.29) is 0 Å². The summed E-state index contributed by atoms with van der Waals surface area (Å²) >= 11 is 0. The molecule has 0 amide bonds. The summed E-state index contributed by atoms with van der Waals surface area (Å²) in [6.45, 7) is 10.7. The van der Waals surface area contributed by atoms with E-state index in [0.717, 1.165) is 45.0 Å². The molecule has 0 aliphatic carbocycles. The number of piperazine rings is 1. The summed E-state index contributed by atoms with van der Waals surface area (Å²) < 4.78 is 11.3. The summed E-state index contributed by atoms with van der Waals surface area (Å²) in [5.41, 5.74) is 2.49. The topological polar surface area (TPSA) is 33.7 Å². The molecule has 0 bridgehead atoms. The zero-order valence-corrected chi connectivity index (χ0v) is 13.4. The third-order valence-electron chi connectivity index (χ3n) is 3.77. The predicted molar refractivity (Wildman–Crippen MR) is 87.5 cm³/mol. The molecule has 0 saturated carbocycles. The first-order valence-corrected chi connectivity index (χ1v) is 8.08. The Bertz CT molecular complexity index is 417. The summed E-state index contributed by atoms with van der Waals surface area (Å²) in [5, 5.41) is 3.38. The van der Waals surface area contributed by atoms with Gasteiger partial charge in [0.2, 0.25) is 0 Å². The lowest BCUT2D eigenvalue weighted by Crippen LogP contribution is -2.43. The highest BCUT2D eigenvalue weighted by atomic mass is 16.5. The molecule has 0 unspecified atom stereocenters. The third-order valence-corrected chi connectivity index (χ3v) is 3.77. The molecule has 4 heteroatoms. The minimum absolute atomic E-state index is 0.623. The van der Waals surface area contributed by atoms with Crippen molar-refractivity contribution in [3.8, 4) is 5.75 Å². The highest BCUT2D eigenvalue weighted by Gasteiger charge is 2.11. The second-order valence-corrected chi connectivity index (χ2v) is 5.50. The van der Waals surface area contributed by atoms with Crippen LogP contribution in [0.3, 0.4) is 0 Å². The van der Waals surface area contributed by atoms with E-state index in [0.29, 0.717) is 13.2 Å². The first-order chi connectivity index (χ1) is 10.3. The van der Waals surface area contributed by atoms with Gasteiger partial charge in [-0.1, -0.05) is 13.3 Å². The number of nitrogens with zero attached hydrogens (tertiary/aromatic N) is 1. The van der Waals surface area contributed by atoms with Gasteiger partial charge in [0, 0.05) is 38.5 Å². The van der Waals surface area contributed by atoms with E-state index in [4.69, 9.17) is 9.47 Å². The number of benzene rings is 1. The molecule has 0 spiro atoms. The van der Waals surface area contributed by atoms with Crippen molar-refractivity contribution in [3.05, 3.63) is 23.8 Å². The molecule has 21 heavy (non-hydrogen) atoms. The molecule has 0 aromatic heterocycles. The van der Waals surface area contributed by atoms with E-state index < -0.39 is 0 Å². The summed E-state index contributed by atoms with van der Waals surface area (Å²) in [6, 6.07) is 6.46. The Kier molecular flexibility index (Phi) is 6.83. The normalized spacial score (nSPS) is 15.2. The average Bonchev–Trinajstić information content (AvgIpc) is 2.53. The van der Waals surface area contributed by atoms with Gasteiger partial charge in [-0.05, 0) is 37.1 Å². The van der Waals surface area contributed by atoms with Crippen molar-refractivity contribution in [2.75, 3.05) is 50.9 Å². The molecule has 0 atom stereocenters. The number of rotatable bonds is 8. The van der Waals surface area contributed by atoms with E-state index in [1.54, 1.807) is 0 Å². The molecule has 1 fully saturated rings. The van der Waals surface area contributed by atoms with E-state index in [1.807, 2.05) is 0 Å². The summed E-state index contributed by atoms with van der Waals surface area (Å²) in [7, 11) is 0. The van der Waals surface area contributed by atoms with E-state index in [2.05, 4.69) is 42.3 Å². The number of hydrogen-bond acceptors (Lipinski definition) is 4. The molecule has 4 nitrogen and oxygen atoms in total. The SMILES string of the molecule is CCCCOCCOc1ccc(N2CCNCC2)cc1C. The van der Waals surface area contributed by atoms with Crippen molar-refractivity contribution in [2.45, 2.75) is 26.7 Å². The van der Waals surface area contributed by atoms with Crippen molar-refractivity contribution in [1.82, 2.24) is 5.32 Å². The summed E-state index contributed by atoms with van der Waals surface area (Å²) in [6.07, 6.45) is 2.30. The van der Waals surface area contributed by atoms with Gasteiger partial charge in [0.05, 0.1) is 6.61 Å². The van der Waals surface area contributed by atoms with Crippen LogP contribution in [-0.4, -0.2) is 46.0 Å². The van der Waals surface area contributed by atoms with Crippen LogP contribution in [0.2, 0.25) is 0 Å². The lowest BCUT2D eigenvalue weighted by atomic mass is 10.1. The number of unbranched alkanes of at least 4 members (excludes halogenated alkanes) is 1. The van der Waals surface area contributed by atoms with Gasteiger partial charge in [-0.2, -0.15) is 0 Å². The zero-order chi connectivity index (χ0) is 14.9. The van der Waals surface area contributed by atoms with E-state index in [1.165, 1.54) is 17.7 Å². The summed E-state index contributed by atoms with van der Waals surface area (Å²) in [4.78, 5) is 2.42. The molecule has 2 rings (SSSR count). The number of nitrogens with one attached hydrogen (secondary N) is 1. The first-order valence-electron chi connectivity index (χ1n) is 8.08. The zero-order valence-electron chi connectivity index (χ0n) is 13.4. The van der Waals surface area contributed by atoms with Gasteiger partial charge in [-0.15, -0.1) is 0 Å². The molecule has 1 aromatic rings. The van der Waals surface area contributed by atoms with Crippen molar-refractivity contribution in [1.29, 1.82) is 0 Å². The number of aryl methyl sites for hydroxylation is 1. The average molecular weight is 292 g/mol. The lowest BCUT2D eigenvalue weighted by molar-refractivity contribution is 0.0978. The minimum Gasteiger partial charge on any atom is -0.491 e. The maximum atomic E-state index is 5.80. The monoisotopic (exact) mass is 292 g/mol. The Morgan fingerprint density at radius 2 is 1.95 bits per heavy atom. The fraction of sp³-hybridized carbons (Fsp3) is 0.647. The van der Waals surface area contributed by atoms with Crippen molar-refractivity contribution in [3.63, 3.8) is 0 Å². The van der Waals surface area contributed by atoms with Crippen LogP contribution in [0.4, 0.5) is 5.69 Å². The van der Waals surface area contributed by atoms with E-state index in [9.17, 15) is 0 Å². The molecule has 1 aromatic carbocycles. The Hall–Kier alpha value is -1.26. The molecule has 1 aliphatic rings. The molecular formula is C17H28N2O2. The lowest BCUT2D eigenvalue weighted by Gasteiger charge is -2.29. The minimum atomic E-state index is 0.623. The number of ether oxygens (including phenoxy) is 2. The highest BCUT2D eigenvalue weighted by Crippen LogP contribution is 2.24. The van der Waals surface area contributed by atoms with Gasteiger partial charge < -0.3 is 19.7 Å². The van der Waals surface area contributed by atoms with Crippen molar-refractivity contribution >= 4 is 5.69 Å². The van der Waals surface area contributed by atoms with Crippen molar-refractivity contribution in [2.24, 2.45) is 0 Å². The van der Waals surface area contributed by atoms with Crippen LogP contribution in [0, 0.1) is 6.92 Å². The highest BCUT2D eigenvalue weighted by molar-refractivity contribution is 5.53. The maximum absolute atomic E-state index is 5.80. The first kappa shape index (κ1) is 16.1. The van der Waals surface area contributed by atoms with Crippen LogP contribution in [0.25, 0.3) is 0 Å². The molecule has 118 valence electrons. The number of anilines is 1. The Balaban J connectivity index is 1.78. The molecular weight excluding hydrogens is 264 g/mol. The largest absolute Gasteiger partial charge is 0.491 e. The van der Waals surface area contributed by atoms with Crippen LogP contribution in [0.5, 0.6) is 5.75 Å². The van der Waals surface area contributed by atoms with Crippen molar-refractivity contribution < 1.29 is 9.47 Å². The Labute approximate surface area is 128 Å². The molecule has 1 N–H and O–H groups in total. The third kappa shape index (κ3) is 5.21. The van der Waals surface area contributed by atoms with Gasteiger partial charge in [0.15, 0.2) is 0 Å². The second-order valence-electron chi connectivity index (χ2n) is 5.50. The molecule has 1 aliphatic heterocycles. The number of hydrogen-bond donors (Lipinski definition) is 1. The van der Waals surface area contributed by atoms with Crippen LogP contribution in [-0.2, 0) is 4.74 Å². The summed E-state index contributed by atoms with van der Waals surface area (Å²) in [5.74, 6) is 0.966. The van der Waals surface area contributed by atoms with Crippen LogP contribution >= 0.6 is 0 Å². The van der Waals surface area contributed by atoms with Gasteiger partial charge >= 0.3 is 0 Å². The van der Waals surface area contributed by atoms with Gasteiger partial charge in [-0.25, -0.2) is 0 Å². The van der Waals surface area contributed by atoms with Gasteiger partial charge in [0.25, 0.3) is 0 Å². The molecule has 1 saturated heterocycles. The molecule has 0 radical (unpaired) electrons. The Morgan fingerprint density at radius 3 is 2.67 bits per heavy atom. The van der Waals surface area contributed by atoms with E-state index >= 15 is 0 Å². The van der Waals surface area contributed by atoms with Gasteiger partial charge in [0.1, 0.15) is 12.4 Å². The van der Waals surface area contributed by atoms with Crippen LogP contribution in [0.15, 0.2) is 18.2 Å². The molecule has 1 heterocycles. The van der Waals surface area contributed by atoms with Crippen LogP contribution in [0.1, 0.15) is 25.3 Å². The standard InChI is InChI=1S/C17H28N2O2/c1-3-4-11-20-12-13-21-17-6-5-16(14-15(17)2)19-9-7-18-8-10-19/h5-6,14,18H,3-4,7-13H2,1-2H3. The maximum Gasteiger partial charge on any atom is 0.122 e. The fourth-order valence-electron chi connectivity index (χ4n) is 2.47. The smallest absolute Gasteiger partial charge is 0.122 e. The fourth-order valence-corrected chi connectivity index (χ4v) is 2.47. The van der Waals surface area contributed by atoms with Gasteiger partial charge in [-0.3, -0.25) is 0 Å². The quantitative estimate of drug-likeness (QED) is 0.747. The Morgan fingerprint density at radius 1 is 1.14 bits per heavy atom. The predicted octanol–water partition coefficient (Wildman–Crippen LogP) is 2.60. The second kappa shape index (κ2) is 8.90. The van der Waals surface area contributed by atoms with Crippen LogP contribution < -0.4 is 15.0 Å².